The van der Waals surface area contributed by atoms with Crippen LogP contribution in [0.2, 0.25) is 0 Å². The molecule has 0 aliphatic carbocycles. The lowest BCUT2D eigenvalue weighted by atomic mass is 10.2. The van der Waals surface area contributed by atoms with Crippen LogP contribution in [-0.2, 0) is 6.54 Å². The summed E-state index contributed by atoms with van der Waals surface area (Å²) in [6, 6.07) is 2.23. The monoisotopic (exact) mass is 210 g/mol. The third kappa shape index (κ3) is 2.56. The lowest BCUT2D eigenvalue weighted by molar-refractivity contribution is 0.132. The molecule has 0 amide bonds. The maximum atomic E-state index is 2.55. The number of rotatable bonds is 3. The van der Waals surface area contributed by atoms with Crippen LogP contribution >= 0.6 is 11.3 Å². The minimum Gasteiger partial charge on any atom is -0.301 e. The molecule has 0 spiro atoms. The Balaban J connectivity index is 1.79. The van der Waals surface area contributed by atoms with Gasteiger partial charge in [0.25, 0.3) is 0 Å². The van der Waals surface area contributed by atoms with Gasteiger partial charge in [0.2, 0.25) is 0 Å². The lowest BCUT2D eigenvalue weighted by Crippen LogP contribution is -2.45. The van der Waals surface area contributed by atoms with Crippen molar-refractivity contribution in [3.05, 3.63) is 22.4 Å². The zero-order valence-electron chi connectivity index (χ0n) is 8.78. The predicted molar refractivity (Wildman–Crippen MR) is 61.7 cm³/mol. The van der Waals surface area contributed by atoms with Crippen molar-refractivity contribution in [2.45, 2.75) is 13.5 Å². The highest BCUT2D eigenvalue weighted by molar-refractivity contribution is 7.07. The van der Waals surface area contributed by atoms with Crippen LogP contribution in [0.15, 0.2) is 16.8 Å². The van der Waals surface area contributed by atoms with Gasteiger partial charge in [0, 0.05) is 32.7 Å². The molecule has 0 aromatic carbocycles. The maximum absolute atomic E-state index is 2.55. The molecule has 3 heteroatoms. The summed E-state index contributed by atoms with van der Waals surface area (Å²) in [6.45, 7) is 9.51. The van der Waals surface area contributed by atoms with Crippen molar-refractivity contribution in [2.24, 2.45) is 0 Å². The van der Waals surface area contributed by atoms with Gasteiger partial charge in [-0.2, -0.15) is 11.3 Å². The number of hydrogen-bond donors (Lipinski definition) is 0. The molecule has 0 unspecified atom stereocenters. The number of piperazine rings is 1. The van der Waals surface area contributed by atoms with E-state index in [9.17, 15) is 0 Å². The molecule has 0 saturated carbocycles. The van der Waals surface area contributed by atoms with Crippen LogP contribution in [0.1, 0.15) is 12.5 Å². The van der Waals surface area contributed by atoms with Crippen molar-refractivity contribution in [3.8, 4) is 0 Å². The van der Waals surface area contributed by atoms with Gasteiger partial charge in [-0.25, -0.2) is 0 Å². The van der Waals surface area contributed by atoms with E-state index in [2.05, 4.69) is 33.6 Å². The normalized spacial score (nSPS) is 20.1. The van der Waals surface area contributed by atoms with Crippen LogP contribution in [-0.4, -0.2) is 42.5 Å². The maximum Gasteiger partial charge on any atom is 0.0243 e. The van der Waals surface area contributed by atoms with Crippen LogP contribution in [0.25, 0.3) is 0 Å². The quantitative estimate of drug-likeness (QED) is 0.751. The molecule has 1 saturated heterocycles. The molecule has 1 aromatic rings. The van der Waals surface area contributed by atoms with Crippen LogP contribution in [0.3, 0.4) is 0 Å². The average Bonchev–Trinajstić information content (AvgIpc) is 2.72. The van der Waals surface area contributed by atoms with Gasteiger partial charge in [0.05, 0.1) is 0 Å². The summed E-state index contributed by atoms with van der Waals surface area (Å²) in [5.74, 6) is 0. The minimum absolute atomic E-state index is 1.14. The van der Waals surface area contributed by atoms with E-state index in [0.717, 1.165) is 6.54 Å². The minimum atomic E-state index is 1.14. The second-order valence-corrected chi connectivity index (χ2v) is 4.62. The predicted octanol–water partition coefficient (Wildman–Crippen LogP) is 1.89. The molecular weight excluding hydrogens is 192 g/mol. The molecule has 14 heavy (non-hydrogen) atoms. The fourth-order valence-corrected chi connectivity index (χ4v) is 2.56. The Kier molecular flexibility index (Phi) is 3.56. The fourth-order valence-electron chi connectivity index (χ4n) is 1.90. The van der Waals surface area contributed by atoms with E-state index in [0.29, 0.717) is 0 Å². The van der Waals surface area contributed by atoms with Gasteiger partial charge in [0.15, 0.2) is 0 Å². The van der Waals surface area contributed by atoms with Crippen molar-refractivity contribution in [1.29, 1.82) is 0 Å². The van der Waals surface area contributed by atoms with Crippen LogP contribution in [0.4, 0.5) is 0 Å². The summed E-state index contributed by atoms with van der Waals surface area (Å²) in [4.78, 5) is 5.07. The van der Waals surface area contributed by atoms with Crippen LogP contribution in [0.5, 0.6) is 0 Å². The summed E-state index contributed by atoms with van der Waals surface area (Å²) < 4.78 is 0. The standard InChI is InChI=1S/C11H18N2S/c1-2-12-4-6-13(7-5-12)9-11-3-8-14-10-11/h3,8,10H,2,4-7,9H2,1H3. The Morgan fingerprint density at radius 1 is 1.21 bits per heavy atom. The van der Waals surface area contributed by atoms with Gasteiger partial charge in [-0.3, -0.25) is 4.90 Å². The van der Waals surface area contributed by atoms with Gasteiger partial charge in [-0.05, 0) is 28.9 Å². The summed E-state index contributed by atoms with van der Waals surface area (Å²) >= 11 is 1.80. The van der Waals surface area contributed by atoms with E-state index in [1.807, 2.05) is 0 Å². The first-order chi connectivity index (χ1) is 6.88. The number of hydrogen-bond acceptors (Lipinski definition) is 3. The molecule has 0 atom stereocenters. The molecule has 1 fully saturated rings. The Morgan fingerprint density at radius 3 is 2.50 bits per heavy atom. The molecule has 1 aliphatic rings. The molecule has 2 rings (SSSR count). The first kappa shape index (κ1) is 10.1. The molecule has 2 nitrogen and oxygen atoms in total. The zero-order valence-corrected chi connectivity index (χ0v) is 9.59. The SMILES string of the molecule is CCN1CCN(Cc2ccsc2)CC1. The number of thiophene rings is 1. The smallest absolute Gasteiger partial charge is 0.0243 e. The Labute approximate surface area is 90.1 Å². The Morgan fingerprint density at radius 2 is 1.93 bits per heavy atom. The van der Waals surface area contributed by atoms with Crippen molar-refractivity contribution in [1.82, 2.24) is 9.80 Å². The largest absolute Gasteiger partial charge is 0.301 e. The van der Waals surface area contributed by atoms with Gasteiger partial charge in [-0.15, -0.1) is 0 Å². The lowest BCUT2D eigenvalue weighted by Gasteiger charge is -2.33. The van der Waals surface area contributed by atoms with Crippen LogP contribution in [0, 0.1) is 0 Å². The highest BCUT2D eigenvalue weighted by Crippen LogP contribution is 2.11. The second-order valence-electron chi connectivity index (χ2n) is 3.84. The highest BCUT2D eigenvalue weighted by atomic mass is 32.1. The molecule has 78 valence electrons. The fraction of sp³-hybridized carbons (Fsp3) is 0.636. The van der Waals surface area contributed by atoms with E-state index in [4.69, 9.17) is 0 Å². The van der Waals surface area contributed by atoms with Gasteiger partial charge < -0.3 is 4.90 Å². The van der Waals surface area contributed by atoms with E-state index in [1.165, 1.54) is 38.3 Å². The van der Waals surface area contributed by atoms with Crippen molar-refractivity contribution in [2.75, 3.05) is 32.7 Å². The molecule has 0 N–H and O–H groups in total. The second kappa shape index (κ2) is 4.91. The first-order valence-corrected chi connectivity index (χ1v) is 6.28. The van der Waals surface area contributed by atoms with E-state index < -0.39 is 0 Å². The van der Waals surface area contributed by atoms with E-state index >= 15 is 0 Å². The molecule has 1 aliphatic heterocycles. The summed E-state index contributed by atoms with van der Waals surface area (Å²) in [5.41, 5.74) is 1.47. The third-order valence-electron chi connectivity index (χ3n) is 2.90. The molecule has 0 bridgehead atoms. The van der Waals surface area contributed by atoms with Crippen LogP contribution < -0.4 is 0 Å². The topological polar surface area (TPSA) is 6.48 Å². The third-order valence-corrected chi connectivity index (χ3v) is 3.63. The Bertz CT molecular complexity index is 250. The Hall–Kier alpha value is -0.380. The molecular formula is C11H18N2S. The van der Waals surface area contributed by atoms with Crippen molar-refractivity contribution >= 4 is 11.3 Å². The number of nitrogens with zero attached hydrogens (tertiary/aromatic N) is 2. The highest BCUT2D eigenvalue weighted by Gasteiger charge is 2.15. The molecule has 0 radical (unpaired) electrons. The average molecular weight is 210 g/mol. The van der Waals surface area contributed by atoms with Crippen molar-refractivity contribution in [3.63, 3.8) is 0 Å². The van der Waals surface area contributed by atoms with E-state index in [1.54, 1.807) is 11.3 Å². The molecule has 1 aromatic heterocycles. The zero-order chi connectivity index (χ0) is 9.80. The van der Waals surface area contributed by atoms with Gasteiger partial charge in [-0.1, -0.05) is 6.92 Å². The number of likely N-dealkylation sites (N-methyl/N-ethyl adjacent to an activating group) is 1. The molecule has 2 heterocycles. The first-order valence-electron chi connectivity index (χ1n) is 5.34. The van der Waals surface area contributed by atoms with Gasteiger partial charge >= 0.3 is 0 Å². The van der Waals surface area contributed by atoms with Gasteiger partial charge in [0.1, 0.15) is 0 Å². The van der Waals surface area contributed by atoms with Crippen molar-refractivity contribution < 1.29 is 0 Å². The summed E-state index contributed by atoms with van der Waals surface area (Å²) in [6.07, 6.45) is 0. The van der Waals surface area contributed by atoms with E-state index in [-0.39, 0.29) is 0 Å². The summed E-state index contributed by atoms with van der Waals surface area (Å²) in [7, 11) is 0. The summed E-state index contributed by atoms with van der Waals surface area (Å²) in [5, 5.41) is 4.42.